The van der Waals surface area contributed by atoms with E-state index in [-0.39, 0.29) is 6.04 Å². The molecule has 108 valence electrons. The largest absolute Gasteiger partial charge is 0.454 e. The Morgan fingerprint density at radius 1 is 1.00 bits per heavy atom. The van der Waals surface area contributed by atoms with Crippen LogP contribution in [0.5, 0.6) is 11.5 Å². The van der Waals surface area contributed by atoms with Gasteiger partial charge in [0.25, 0.3) is 0 Å². The summed E-state index contributed by atoms with van der Waals surface area (Å²) in [5, 5.41) is 0. The van der Waals surface area contributed by atoms with Crippen molar-refractivity contribution in [2.24, 2.45) is 0 Å². The maximum atomic E-state index is 5.58. The quantitative estimate of drug-likeness (QED) is 0.798. The summed E-state index contributed by atoms with van der Waals surface area (Å²) >= 11 is 0. The monoisotopic (exact) mass is 281 g/mol. The topological polar surface area (TPSA) is 21.7 Å². The standard InChI is InChI=1S/C18H19NO2/c1-12-10-19(2)18(13-6-4-3-5-7-13)15-9-17-16(8-14(12)15)20-11-21-17/h3-9,12,18H,10-11H2,1-2H3/t12-,18-/m0/s1. The van der Waals surface area contributed by atoms with Gasteiger partial charge in [0.2, 0.25) is 6.79 Å². The fourth-order valence-corrected chi connectivity index (χ4v) is 3.58. The predicted octanol–water partition coefficient (Wildman–Crippen LogP) is 3.55. The van der Waals surface area contributed by atoms with Crippen LogP contribution in [-0.4, -0.2) is 25.3 Å². The second kappa shape index (κ2) is 4.78. The van der Waals surface area contributed by atoms with Gasteiger partial charge in [-0.3, -0.25) is 4.90 Å². The van der Waals surface area contributed by atoms with Gasteiger partial charge in [0, 0.05) is 6.54 Å². The Bertz CT molecular complexity index is 668. The van der Waals surface area contributed by atoms with Crippen LogP contribution in [-0.2, 0) is 0 Å². The lowest BCUT2D eigenvalue weighted by Crippen LogP contribution is -2.34. The van der Waals surface area contributed by atoms with Gasteiger partial charge in [0.05, 0.1) is 6.04 Å². The number of likely N-dealkylation sites (N-methyl/N-ethyl adjacent to an activating group) is 1. The van der Waals surface area contributed by atoms with E-state index >= 15 is 0 Å². The minimum Gasteiger partial charge on any atom is -0.454 e. The van der Waals surface area contributed by atoms with Crippen LogP contribution in [0.25, 0.3) is 0 Å². The molecule has 3 heteroatoms. The third-order valence-corrected chi connectivity index (χ3v) is 4.52. The first-order valence-corrected chi connectivity index (χ1v) is 7.42. The van der Waals surface area contributed by atoms with E-state index in [4.69, 9.17) is 9.47 Å². The van der Waals surface area contributed by atoms with E-state index in [0.717, 1.165) is 18.0 Å². The summed E-state index contributed by atoms with van der Waals surface area (Å²) in [6.45, 7) is 3.66. The third kappa shape index (κ3) is 2.00. The molecule has 2 atom stereocenters. The second-order valence-electron chi connectivity index (χ2n) is 5.99. The summed E-state index contributed by atoms with van der Waals surface area (Å²) in [5.41, 5.74) is 4.05. The van der Waals surface area contributed by atoms with Crippen LogP contribution in [0.1, 0.15) is 35.6 Å². The van der Waals surface area contributed by atoms with E-state index in [2.05, 4.69) is 61.3 Å². The number of benzene rings is 2. The van der Waals surface area contributed by atoms with Crippen LogP contribution in [0.2, 0.25) is 0 Å². The van der Waals surface area contributed by atoms with Crippen molar-refractivity contribution in [2.45, 2.75) is 18.9 Å². The normalized spacial score (nSPS) is 23.9. The summed E-state index contributed by atoms with van der Waals surface area (Å²) in [5.74, 6) is 2.26. The van der Waals surface area contributed by atoms with Gasteiger partial charge >= 0.3 is 0 Å². The van der Waals surface area contributed by atoms with Gasteiger partial charge in [-0.1, -0.05) is 37.3 Å². The number of hydrogen-bond donors (Lipinski definition) is 0. The van der Waals surface area contributed by atoms with Crippen molar-refractivity contribution in [3.8, 4) is 11.5 Å². The van der Waals surface area contributed by atoms with Crippen molar-refractivity contribution in [2.75, 3.05) is 20.4 Å². The second-order valence-corrected chi connectivity index (χ2v) is 5.99. The molecule has 0 saturated carbocycles. The molecule has 0 radical (unpaired) electrons. The van der Waals surface area contributed by atoms with E-state index < -0.39 is 0 Å². The third-order valence-electron chi connectivity index (χ3n) is 4.52. The highest BCUT2D eigenvalue weighted by atomic mass is 16.7. The fraction of sp³-hybridized carbons (Fsp3) is 0.333. The van der Waals surface area contributed by atoms with Crippen molar-refractivity contribution in [1.29, 1.82) is 0 Å². The Labute approximate surface area is 125 Å². The molecular weight excluding hydrogens is 262 g/mol. The number of ether oxygens (including phenoxy) is 2. The zero-order valence-electron chi connectivity index (χ0n) is 12.4. The van der Waals surface area contributed by atoms with Gasteiger partial charge in [0.15, 0.2) is 11.5 Å². The van der Waals surface area contributed by atoms with Crippen LogP contribution in [0.3, 0.4) is 0 Å². The SMILES string of the molecule is C[C@H]1CN(C)[C@@H](c2ccccc2)c2cc3c(cc21)OCO3. The van der Waals surface area contributed by atoms with Gasteiger partial charge in [0.1, 0.15) is 0 Å². The minimum atomic E-state index is 0.284. The Hall–Kier alpha value is -2.00. The molecule has 0 aliphatic carbocycles. The molecule has 0 saturated heterocycles. The molecular formula is C18H19NO2. The Kier molecular flexibility index (Phi) is 2.89. The highest BCUT2D eigenvalue weighted by Crippen LogP contribution is 2.45. The first-order chi connectivity index (χ1) is 10.2. The van der Waals surface area contributed by atoms with Crippen molar-refractivity contribution in [3.05, 3.63) is 59.2 Å². The molecule has 21 heavy (non-hydrogen) atoms. The molecule has 2 aromatic rings. The van der Waals surface area contributed by atoms with Crippen molar-refractivity contribution in [3.63, 3.8) is 0 Å². The van der Waals surface area contributed by atoms with Gasteiger partial charge in [-0.05, 0) is 41.8 Å². The molecule has 0 fully saturated rings. The lowest BCUT2D eigenvalue weighted by molar-refractivity contribution is 0.174. The van der Waals surface area contributed by atoms with E-state index in [1.54, 1.807) is 0 Å². The molecule has 0 bridgehead atoms. The summed E-state index contributed by atoms with van der Waals surface area (Å²) in [6, 6.07) is 15.3. The highest BCUT2D eigenvalue weighted by molar-refractivity contribution is 5.53. The lowest BCUT2D eigenvalue weighted by Gasteiger charge is -2.38. The minimum absolute atomic E-state index is 0.284. The zero-order valence-corrected chi connectivity index (χ0v) is 12.4. The lowest BCUT2D eigenvalue weighted by atomic mass is 9.83. The summed E-state index contributed by atoms with van der Waals surface area (Å²) < 4.78 is 11.1. The van der Waals surface area contributed by atoms with Gasteiger partial charge in [-0.2, -0.15) is 0 Å². The van der Waals surface area contributed by atoms with Crippen molar-refractivity contribution >= 4 is 0 Å². The molecule has 0 aromatic heterocycles. The molecule has 4 rings (SSSR count). The molecule has 2 aliphatic heterocycles. The van der Waals surface area contributed by atoms with Crippen molar-refractivity contribution in [1.82, 2.24) is 4.90 Å². The fourth-order valence-electron chi connectivity index (χ4n) is 3.58. The predicted molar refractivity (Wildman–Crippen MR) is 81.9 cm³/mol. The number of nitrogens with zero attached hydrogens (tertiary/aromatic N) is 1. The Morgan fingerprint density at radius 2 is 1.67 bits per heavy atom. The maximum absolute atomic E-state index is 5.58. The average Bonchev–Trinajstić information content (AvgIpc) is 2.94. The summed E-state index contributed by atoms with van der Waals surface area (Å²) in [6.07, 6.45) is 0. The molecule has 0 unspecified atom stereocenters. The van der Waals surface area contributed by atoms with Crippen LogP contribution in [0.15, 0.2) is 42.5 Å². The average molecular weight is 281 g/mol. The number of fused-ring (bicyclic) bond motifs is 2. The van der Waals surface area contributed by atoms with Gasteiger partial charge in [-0.15, -0.1) is 0 Å². The van der Waals surface area contributed by atoms with Gasteiger partial charge in [-0.25, -0.2) is 0 Å². The Balaban J connectivity index is 1.88. The molecule has 2 aliphatic rings. The van der Waals surface area contributed by atoms with Crippen LogP contribution >= 0.6 is 0 Å². The highest BCUT2D eigenvalue weighted by Gasteiger charge is 2.32. The molecule has 2 heterocycles. The molecule has 0 spiro atoms. The van der Waals surface area contributed by atoms with Gasteiger partial charge < -0.3 is 9.47 Å². The number of hydrogen-bond acceptors (Lipinski definition) is 3. The van der Waals surface area contributed by atoms with E-state index in [1.807, 2.05) is 0 Å². The molecule has 0 N–H and O–H groups in total. The molecule has 2 aromatic carbocycles. The molecule has 0 amide bonds. The smallest absolute Gasteiger partial charge is 0.231 e. The van der Waals surface area contributed by atoms with Crippen molar-refractivity contribution < 1.29 is 9.47 Å². The first-order valence-electron chi connectivity index (χ1n) is 7.42. The maximum Gasteiger partial charge on any atom is 0.231 e. The van der Waals surface area contributed by atoms with Crippen LogP contribution in [0.4, 0.5) is 0 Å². The molecule has 3 nitrogen and oxygen atoms in total. The Morgan fingerprint density at radius 3 is 2.38 bits per heavy atom. The summed E-state index contributed by atoms with van der Waals surface area (Å²) in [4.78, 5) is 2.42. The van der Waals surface area contributed by atoms with Crippen LogP contribution in [0, 0.1) is 0 Å². The first kappa shape index (κ1) is 12.7. The van der Waals surface area contributed by atoms with E-state index in [9.17, 15) is 0 Å². The van der Waals surface area contributed by atoms with E-state index in [0.29, 0.717) is 12.7 Å². The summed E-state index contributed by atoms with van der Waals surface area (Å²) in [7, 11) is 2.20. The zero-order chi connectivity index (χ0) is 14.4. The van der Waals surface area contributed by atoms with E-state index in [1.165, 1.54) is 16.7 Å². The van der Waals surface area contributed by atoms with Crippen LogP contribution < -0.4 is 9.47 Å². The number of rotatable bonds is 1.